The van der Waals surface area contributed by atoms with Crippen LogP contribution in [0.5, 0.6) is 0 Å². The molecule has 6 nitrogen and oxygen atoms in total. The van der Waals surface area contributed by atoms with Gasteiger partial charge in [-0.15, -0.1) is 11.3 Å². The number of hydrogen-bond donors (Lipinski definition) is 1. The quantitative estimate of drug-likeness (QED) is 0.931. The van der Waals surface area contributed by atoms with Crippen molar-refractivity contribution in [1.82, 2.24) is 9.78 Å². The van der Waals surface area contributed by atoms with E-state index in [1.165, 1.54) is 0 Å². The van der Waals surface area contributed by atoms with Crippen molar-refractivity contribution in [2.24, 2.45) is 0 Å². The predicted octanol–water partition coefficient (Wildman–Crippen LogP) is 1.72. The Kier molecular flexibility index (Phi) is 3.09. The molecular formula is C12H14N2O4S2. The summed E-state index contributed by atoms with van der Waals surface area (Å²) in [7, 11) is -2.99. The van der Waals surface area contributed by atoms with E-state index in [2.05, 4.69) is 5.10 Å². The summed E-state index contributed by atoms with van der Waals surface area (Å²) in [6.07, 6.45) is 1.24. The maximum atomic E-state index is 11.6. The largest absolute Gasteiger partial charge is 0.477 e. The number of aromatic carboxylic acids is 1. The van der Waals surface area contributed by atoms with Crippen molar-refractivity contribution in [3.8, 4) is 0 Å². The summed E-state index contributed by atoms with van der Waals surface area (Å²) in [5.74, 6) is -0.691. The molecule has 0 aliphatic carbocycles. The molecule has 1 atom stereocenters. The molecule has 3 heterocycles. The average Bonchev–Trinajstić information content (AvgIpc) is 3.01. The van der Waals surface area contributed by atoms with Gasteiger partial charge < -0.3 is 5.11 Å². The van der Waals surface area contributed by atoms with Crippen LogP contribution < -0.4 is 0 Å². The molecule has 0 spiro atoms. The van der Waals surface area contributed by atoms with Gasteiger partial charge in [0.1, 0.15) is 9.71 Å². The standard InChI is InChI=1S/C12H14N2O4S2/c1-2-9-8-5-10(12(15)16)19-11(8)14(13-9)7-3-4-20(17,18)6-7/h5,7H,2-4,6H2,1H3,(H,15,16). The molecule has 1 saturated heterocycles. The highest BCUT2D eigenvalue weighted by Gasteiger charge is 2.32. The number of carboxylic acids is 1. The molecule has 3 rings (SSSR count). The van der Waals surface area contributed by atoms with Crippen LogP contribution in [0.1, 0.15) is 34.8 Å². The van der Waals surface area contributed by atoms with Crippen molar-refractivity contribution in [2.45, 2.75) is 25.8 Å². The molecule has 20 heavy (non-hydrogen) atoms. The third kappa shape index (κ3) is 2.12. The number of sulfone groups is 1. The lowest BCUT2D eigenvalue weighted by Gasteiger charge is -2.08. The number of aromatic nitrogens is 2. The third-order valence-corrected chi connectivity index (χ3v) is 6.42. The first-order valence-corrected chi connectivity index (χ1v) is 8.99. The summed E-state index contributed by atoms with van der Waals surface area (Å²) in [5.41, 5.74) is 0.827. The minimum Gasteiger partial charge on any atom is -0.477 e. The summed E-state index contributed by atoms with van der Waals surface area (Å²) in [5, 5.41) is 14.4. The van der Waals surface area contributed by atoms with Crippen LogP contribution >= 0.6 is 11.3 Å². The van der Waals surface area contributed by atoms with E-state index in [-0.39, 0.29) is 22.4 Å². The molecule has 2 aromatic rings. The van der Waals surface area contributed by atoms with Crippen LogP contribution in [0.3, 0.4) is 0 Å². The summed E-state index contributed by atoms with van der Waals surface area (Å²) < 4.78 is 24.9. The van der Waals surface area contributed by atoms with Crippen molar-refractivity contribution < 1.29 is 18.3 Å². The number of aryl methyl sites for hydroxylation is 1. The van der Waals surface area contributed by atoms with Crippen molar-refractivity contribution >= 4 is 37.4 Å². The SMILES string of the molecule is CCc1nn(C2CCS(=O)(=O)C2)c2sc(C(=O)O)cc12. The molecule has 1 aliphatic rings. The van der Waals surface area contributed by atoms with Gasteiger partial charge in [-0.3, -0.25) is 4.68 Å². The Labute approximate surface area is 119 Å². The second-order valence-electron chi connectivity index (χ2n) is 4.94. The zero-order chi connectivity index (χ0) is 14.5. The minimum absolute atomic E-state index is 0.0905. The van der Waals surface area contributed by atoms with Crippen LogP contribution in [0.2, 0.25) is 0 Å². The molecule has 2 aromatic heterocycles. The van der Waals surface area contributed by atoms with E-state index in [1.807, 2.05) is 6.92 Å². The van der Waals surface area contributed by atoms with Gasteiger partial charge in [-0.2, -0.15) is 5.10 Å². The molecule has 1 unspecified atom stereocenters. The third-order valence-electron chi connectivity index (χ3n) is 3.56. The van der Waals surface area contributed by atoms with E-state index in [0.29, 0.717) is 12.8 Å². The summed E-state index contributed by atoms with van der Waals surface area (Å²) in [6.45, 7) is 1.95. The van der Waals surface area contributed by atoms with Crippen molar-refractivity contribution in [1.29, 1.82) is 0 Å². The molecule has 1 aliphatic heterocycles. The Hall–Kier alpha value is -1.41. The summed E-state index contributed by atoms with van der Waals surface area (Å²) in [4.78, 5) is 12.1. The van der Waals surface area contributed by atoms with Gasteiger partial charge in [0, 0.05) is 5.39 Å². The highest BCUT2D eigenvalue weighted by atomic mass is 32.2. The molecule has 0 aromatic carbocycles. The fourth-order valence-corrected chi connectivity index (χ4v) is 5.30. The highest BCUT2D eigenvalue weighted by molar-refractivity contribution is 7.91. The topological polar surface area (TPSA) is 89.3 Å². The minimum atomic E-state index is -2.99. The van der Waals surface area contributed by atoms with E-state index in [1.54, 1.807) is 10.7 Å². The Morgan fingerprint density at radius 3 is 2.90 bits per heavy atom. The lowest BCUT2D eigenvalue weighted by Crippen LogP contribution is -2.12. The average molecular weight is 314 g/mol. The van der Waals surface area contributed by atoms with Gasteiger partial charge in [0.25, 0.3) is 0 Å². The van der Waals surface area contributed by atoms with Gasteiger partial charge in [-0.25, -0.2) is 13.2 Å². The molecule has 1 fully saturated rings. The Balaban J connectivity index is 2.13. The van der Waals surface area contributed by atoms with Crippen LogP contribution in [-0.4, -0.2) is 40.8 Å². The monoisotopic (exact) mass is 314 g/mol. The first-order chi connectivity index (χ1) is 9.41. The predicted molar refractivity (Wildman–Crippen MR) is 76.3 cm³/mol. The van der Waals surface area contributed by atoms with Gasteiger partial charge in [0.2, 0.25) is 0 Å². The van der Waals surface area contributed by atoms with Crippen LogP contribution in [0, 0.1) is 0 Å². The maximum Gasteiger partial charge on any atom is 0.345 e. The fourth-order valence-electron chi connectivity index (χ4n) is 2.57. The number of hydrogen-bond acceptors (Lipinski definition) is 5. The number of thiophene rings is 1. The number of carboxylic acid groups (broad SMARTS) is 1. The van der Waals surface area contributed by atoms with Gasteiger partial charge in [0.15, 0.2) is 9.84 Å². The highest BCUT2D eigenvalue weighted by Crippen LogP contribution is 2.34. The van der Waals surface area contributed by atoms with Crippen molar-refractivity contribution in [3.05, 3.63) is 16.6 Å². The molecule has 0 radical (unpaired) electrons. The van der Waals surface area contributed by atoms with Gasteiger partial charge in [-0.1, -0.05) is 6.92 Å². The smallest absolute Gasteiger partial charge is 0.345 e. The van der Waals surface area contributed by atoms with Gasteiger partial charge >= 0.3 is 5.97 Å². The van der Waals surface area contributed by atoms with Crippen LogP contribution in [0.4, 0.5) is 0 Å². The van der Waals surface area contributed by atoms with E-state index < -0.39 is 15.8 Å². The summed E-state index contributed by atoms with van der Waals surface area (Å²) >= 11 is 1.16. The molecule has 8 heteroatoms. The lowest BCUT2D eigenvalue weighted by molar-refractivity contribution is 0.0702. The number of carbonyl (C=O) groups is 1. The fraction of sp³-hybridized carbons (Fsp3) is 0.500. The number of rotatable bonds is 3. The molecule has 0 saturated carbocycles. The number of nitrogens with zero attached hydrogens (tertiary/aromatic N) is 2. The lowest BCUT2D eigenvalue weighted by atomic mass is 10.2. The Morgan fingerprint density at radius 2 is 2.35 bits per heavy atom. The first-order valence-electron chi connectivity index (χ1n) is 6.36. The van der Waals surface area contributed by atoms with Crippen LogP contribution in [0.25, 0.3) is 10.2 Å². The van der Waals surface area contributed by atoms with Crippen molar-refractivity contribution in [2.75, 3.05) is 11.5 Å². The second kappa shape index (κ2) is 4.56. The van der Waals surface area contributed by atoms with E-state index in [0.717, 1.165) is 27.2 Å². The van der Waals surface area contributed by atoms with Crippen LogP contribution in [-0.2, 0) is 16.3 Å². The molecule has 0 bridgehead atoms. The summed E-state index contributed by atoms with van der Waals surface area (Å²) in [6, 6.07) is 1.46. The van der Waals surface area contributed by atoms with E-state index >= 15 is 0 Å². The number of fused-ring (bicyclic) bond motifs is 1. The van der Waals surface area contributed by atoms with Crippen LogP contribution in [0.15, 0.2) is 6.07 Å². The normalized spacial score (nSPS) is 21.6. The molecule has 108 valence electrons. The zero-order valence-electron chi connectivity index (χ0n) is 10.9. The Bertz CT molecular complexity index is 788. The Morgan fingerprint density at radius 1 is 1.60 bits per heavy atom. The molecule has 0 amide bonds. The van der Waals surface area contributed by atoms with E-state index in [9.17, 15) is 13.2 Å². The van der Waals surface area contributed by atoms with Gasteiger partial charge in [-0.05, 0) is 18.9 Å². The maximum absolute atomic E-state index is 11.6. The van der Waals surface area contributed by atoms with E-state index in [4.69, 9.17) is 5.11 Å². The first kappa shape index (κ1) is 13.6. The van der Waals surface area contributed by atoms with Gasteiger partial charge in [0.05, 0.1) is 23.2 Å². The zero-order valence-corrected chi connectivity index (χ0v) is 12.5. The second-order valence-corrected chi connectivity index (χ2v) is 8.20. The molecule has 1 N–H and O–H groups in total. The molecular weight excluding hydrogens is 300 g/mol. The van der Waals surface area contributed by atoms with Crippen molar-refractivity contribution in [3.63, 3.8) is 0 Å².